The molecule has 0 heterocycles. The lowest BCUT2D eigenvalue weighted by molar-refractivity contribution is -0.139. The highest BCUT2D eigenvalue weighted by atomic mass is 32.2. The van der Waals surface area contributed by atoms with Crippen molar-refractivity contribution in [2.75, 3.05) is 17.3 Å². The Balaban J connectivity index is 2.55. The quantitative estimate of drug-likeness (QED) is 0.715. The van der Waals surface area contributed by atoms with Crippen molar-refractivity contribution in [3.8, 4) is 6.07 Å². The second kappa shape index (κ2) is 8.87. The van der Waals surface area contributed by atoms with Crippen molar-refractivity contribution in [3.63, 3.8) is 0 Å². The van der Waals surface area contributed by atoms with Gasteiger partial charge in [0.05, 0.1) is 12.5 Å². The van der Waals surface area contributed by atoms with Gasteiger partial charge in [0, 0.05) is 5.69 Å². The number of hydrogen-bond donors (Lipinski definition) is 3. The second-order valence-corrected chi connectivity index (χ2v) is 5.29. The Morgan fingerprint density at radius 2 is 2.05 bits per heavy atom. The standard InChI is InChI=1S/C14H17N3O3S/c1-21-9-7-12(13(18)19)17-14(20)16-11-4-2-10(3-5-11)6-8-15/h2-5,12H,6-7,9H2,1H3,(H,18,19)(H2,16,17,20). The SMILES string of the molecule is CSCCC(NC(=O)Nc1ccc(CC#N)cc1)C(=O)O. The lowest BCUT2D eigenvalue weighted by atomic mass is 10.1. The monoisotopic (exact) mass is 307 g/mol. The Morgan fingerprint density at radius 1 is 1.38 bits per heavy atom. The molecule has 0 aromatic heterocycles. The summed E-state index contributed by atoms with van der Waals surface area (Å²) in [5.41, 5.74) is 1.40. The van der Waals surface area contributed by atoms with Crippen LogP contribution in [0.25, 0.3) is 0 Å². The number of urea groups is 1. The molecule has 1 aromatic rings. The summed E-state index contributed by atoms with van der Waals surface area (Å²) in [6.45, 7) is 0. The van der Waals surface area contributed by atoms with Gasteiger partial charge in [-0.3, -0.25) is 0 Å². The average Bonchev–Trinajstić information content (AvgIpc) is 2.45. The van der Waals surface area contributed by atoms with Gasteiger partial charge in [0.25, 0.3) is 0 Å². The lowest BCUT2D eigenvalue weighted by Gasteiger charge is -2.14. The van der Waals surface area contributed by atoms with Crippen LogP contribution in [0, 0.1) is 11.3 Å². The number of benzene rings is 1. The number of thioether (sulfide) groups is 1. The Bertz CT molecular complexity index is 525. The van der Waals surface area contributed by atoms with Crippen molar-refractivity contribution in [1.29, 1.82) is 5.26 Å². The lowest BCUT2D eigenvalue weighted by Crippen LogP contribution is -2.43. The summed E-state index contributed by atoms with van der Waals surface area (Å²) in [5.74, 6) is -0.399. The normalized spacial score (nSPS) is 11.2. The van der Waals surface area contributed by atoms with Gasteiger partial charge in [0.15, 0.2) is 0 Å². The number of carbonyl (C=O) groups is 2. The van der Waals surface area contributed by atoms with Gasteiger partial charge in [-0.05, 0) is 36.1 Å². The minimum Gasteiger partial charge on any atom is -0.480 e. The van der Waals surface area contributed by atoms with E-state index in [0.717, 1.165) is 5.56 Å². The maximum atomic E-state index is 11.8. The fourth-order valence-corrected chi connectivity index (χ4v) is 2.09. The predicted octanol–water partition coefficient (Wildman–Crippen LogP) is 2.08. The van der Waals surface area contributed by atoms with Gasteiger partial charge < -0.3 is 15.7 Å². The van der Waals surface area contributed by atoms with Gasteiger partial charge in [-0.25, -0.2) is 9.59 Å². The summed E-state index contributed by atoms with van der Waals surface area (Å²) >= 11 is 1.52. The maximum Gasteiger partial charge on any atom is 0.326 e. The number of nitrogens with one attached hydrogen (secondary N) is 2. The molecule has 7 heteroatoms. The highest BCUT2D eigenvalue weighted by Gasteiger charge is 2.19. The average molecular weight is 307 g/mol. The molecule has 2 amide bonds. The number of amides is 2. The van der Waals surface area contributed by atoms with Crippen LogP contribution in [-0.2, 0) is 11.2 Å². The molecule has 1 unspecified atom stereocenters. The molecule has 0 saturated heterocycles. The smallest absolute Gasteiger partial charge is 0.326 e. The fraction of sp³-hybridized carbons (Fsp3) is 0.357. The highest BCUT2D eigenvalue weighted by Crippen LogP contribution is 2.10. The van der Waals surface area contributed by atoms with Gasteiger partial charge in [-0.2, -0.15) is 17.0 Å². The molecule has 1 aromatic carbocycles. The van der Waals surface area contributed by atoms with Crippen LogP contribution in [0.2, 0.25) is 0 Å². The summed E-state index contributed by atoms with van der Waals surface area (Å²) in [7, 11) is 0. The molecule has 0 saturated carbocycles. The van der Waals surface area contributed by atoms with Crippen molar-refractivity contribution < 1.29 is 14.7 Å². The number of nitrogens with zero attached hydrogens (tertiary/aromatic N) is 1. The van der Waals surface area contributed by atoms with Crippen LogP contribution in [0.15, 0.2) is 24.3 Å². The Morgan fingerprint density at radius 3 is 2.57 bits per heavy atom. The molecule has 0 aliphatic carbocycles. The van der Waals surface area contributed by atoms with E-state index in [2.05, 4.69) is 10.6 Å². The van der Waals surface area contributed by atoms with Gasteiger partial charge in [0.2, 0.25) is 0 Å². The van der Waals surface area contributed by atoms with Gasteiger partial charge >= 0.3 is 12.0 Å². The van der Waals surface area contributed by atoms with Crippen molar-refractivity contribution in [1.82, 2.24) is 5.32 Å². The van der Waals surface area contributed by atoms with E-state index in [1.54, 1.807) is 24.3 Å². The van der Waals surface area contributed by atoms with E-state index in [1.165, 1.54) is 11.8 Å². The second-order valence-electron chi connectivity index (χ2n) is 4.30. The summed E-state index contributed by atoms with van der Waals surface area (Å²) in [5, 5.41) is 22.6. The molecule has 0 bridgehead atoms. The van der Waals surface area contributed by atoms with Crippen LogP contribution < -0.4 is 10.6 Å². The zero-order valence-electron chi connectivity index (χ0n) is 11.6. The van der Waals surface area contributed by atoms with Crippen molar-refractivity contribution >= 4 is 29.4 Å². The third kappa shape index (κ3) is 6.19. The molecule has 112 valence electrons. The van der Waals surface area contributed by atoms with Crippen molar-refractivity contribution in [3.05, 3.63) is 29.8 Å². The Hall–Kier alpha value is -2.20. The van der Waals surface area contributed by atoms with Crippen LogP contribution in [0.4, 0.5) is 10.5 Å². The first-order valence-electron chi connectivity index (χ1n) is 6.32. The van der Waals surface area contributed by atoms with E-state index in [1.807, 2.05) is 12.3 Å². The van der Waals surface area contributed by atoms with Crippen molar-refractivity contribution in [2.45, 2.75) is 18.9 Å². The third-order valence-corrected chi connectivity index (χ3v) is 3.35. The molecule has 1 rings (SSSR count). The number of carboxylic acids is 1. The summed E-state index contributed by atoms with van der Waals surface area (Å²) in [6, 6.07) is 7.39. The summed E-state index contributed by atoms with van der Waals surface area (Å²) in [4.78, 5) is 22.8. The first-order chi connectivity index (χ1) is 10.1. The number of carboxylic acid groups (broad SMARTS) is 1. The highest BCUT2D eigenvalue weighted by molar-refractivity contribution is 7.98. The van der Waals surface area contributed by atoms with Gasteiger partial charge in [-0.15, -0.1) is 0 Å². The molecule has 21 heavy (non-hydrogen) atoms. The predicted molar refractivity (Wildman–Crippen MR) is 82.3 cm³/mol. The topological polar surface area (TPSA) is 102 Å². The van der Waals surface area contributed by atoms with E-state index >= 15 is 0 Å². The number of nitriles is 1. The van der Waals surface area contributed by atoms with Crippen LogP contribution >= 0.6 is 11.8 Å². The molecule has 0 fully saturated rings. The Kier molecular flexibility index (Phi) is 7.12. The molecule has 0 aliphatic rings. The summed E-state index contributed by atoms with van der Waals surface area (Å²) < 4.78 is 0. The molecular weight excluding hydrogens is 290 g/mol. The van der Waals surface area contributed by atoms with Crippen LogP contribution in [-0.4, -0.2) is 35.2 Å². The van der Waals surface area contributed by atoms with E-state index in [0.29, 0.717) is 24.3 Å². The fourth-order valence-electron chi connectivity index (χ4n) is 1.62. The van der Waals surface area contributed by atoms with Crippen LogP contribution in [0.1, 0.15) is 12.0 Å². The molecular formula is C14H17N3O3S. The number of anilines is 1. The molecule has 6 nitrogen and oxygen atoms in total. The third-order valence-electron chi connectivity index (χ3n) is 2.71. The first kappa shape index (κ1) is 16.9. The zero-order chi connectivity index (χ0) is 15.7. The maximum absolute atomic E-state index is 11.8. The molecule has 0 aliphatic heterocycles. The van der Waals surface area contributed by atoms with Crippen molar-refractivity contribution in [2.24, 2.45) is 0 Å². The first-order valence-corrected chi connectivity index (χ1v) is 7.71. The van der Waals surface area contributed by atoms with Gasteiger partial charge in [-0.1, -0.05) is 12.1 Å². The molecule has 0 spiro atoms. The van der Waals surface area contributed by atoms with E-state index < -0.39 is 18.0 Å². The Labute approximate surface area is 127 Å². The van der Waals surface area contributed by atoms with Crippen LogP contribution in [0.3, 0.4) is 0 Å². The number of aliphatic carboxylic acids is 1. The van der Waals surface area contributed by atoms with Crippen LogP contribution in [0.5, 0.6) is 0 Å². The van der Waals surface area contributed by atoms with E-state index in [4.69, 9.17) is 10.4 Å². The molecule has 3 N–H and O–H groups in total. The largest absolute Gasteiger partial charge is 0.480 e. The zero-order valence-corrected chi connectivity index (χ0v) is 12.4. The number of carbonyl (C=O) groups excluding carboxylic acids is 1. The molecule has 0 radical (unpaired) electrons. The van der Waals surface area contributed by atoms with E-state index in [-0.39, 0.29) is 0 Å². The molecule has 1 atom stereocenters. The summed E-state index contributed by atoms with van der Waals surface area (Å²) in [6.07, 6.45) is 2.55. The number of hydrogen-bond acceptors (Lipinski definition) is 4. The number of rotatable bonds is 7. The van der Waals surface area contributed by atoms with E-state index in [9.17, 15) is 9.59 Å². The minimum atomic E-state index is -1.05. The van der Waals surface area contributed by atoms with Gasteiger partial charge in [0.1, 0.15) is 6.04 Å². The minimum absolute atomic E-state index is 0.308.